The minimum absolute atomic E-state index is 0.492. The highest BCUT2D eigenvalue weighted by Crippen LogP contribution is 2.56. The van der Waals surface area contributed by atoms with Crippen molar-refractivity contribution in [1.82, 2.24) is 15.0 Å². The van der Waals surface area contributed by atoms with Crippen molar-refractivity contribution in [1.29, 1.82) is 0 Å². The predicted molar refractivity (Wildman–Crippen MR) is 224 cm³/mol. The van der Waals surface area contributed by atoms with Gasteiger partial charge in [0.05, 0.1) is 5.41 Å². The van der Waals surface area contributed by atoms with Crippen molar-refractivity contribution < 1.29 is 0 Å². The number of fused-ring (bicyclic) bond motifs is 3. The van der Waals surface area contributed by atoms with Gasteiger partial charge in [0.15, 0.2) is 17.5 Å². The number of rotatable bonds is 7. The zero-order valence-corrected chi connectivity index (χ0v) is 30.0. The molecular formula is C52H35N3. The molecule has 0 unspecified atom stereocenters. The van der Waals surface area contributed by atoms with Crippen molar-refractivity contribution in [3.8, 4) is 67.5 Å². The molecule has 1 aromatic heterocycles. The lowest BCUT2D eigenvalue weighted by molar-refractivity contribution is 0.769. The second-order valence-electron chi connectivity index (χ2n) is 14.0. The van der Waals surface area contributed by atoms with Gasteiger partial charge in [0, 0.05) is 16.7 Å². The van der Waals surface area contributed by atoms with Crippen LogP contribution in [0.3, 0.4) is 0 Å². The van der Waals surface area contributed by atoms with Crippen molar-refractivity contribution in [2.75, 3.05) is 0 Å². The quantitative estimate of drug-likeness (QED) is 0.166. The van der Waals surface area contributed by atoms with Gasteiger partial charge in [-0.2, -0.15) is 0 Å². The van der Waals surface area contributed by atoms with Crippen LogP contribution in [0.15, 0.2) is 212 Å². The third-order valence-corrected chi connectivity index (χ3v) is 10.8. The first kappa shape index (κ1) is 32.4. The van der Waals surface area contributed by atoms with Gasteiger partial charge in [-0.15, -0.1) is 0 Å². The van der Waals surface area contributed by atoms with Crippen LogP contribution in [0.2, 0.25) is 0 Å². The van der Waals surface area contributed by atoms with Crippen LogP contribution < -0.4 is 0 Å². The van der Waals surface area contributed by atoms with Gasteiger partial charge in [0.25, 0.3) is 0 Å². The number of hydrogen-bond donors (Lipinski definition) is 0. The lowest BCUT2D eigenvalue weighted by Gasteiger charge is -2.34. The zero-order chi connectivity index (χ0) is 36.6. The summed E-state index contributed by atoms with van der Waals surface area (Å²) < 4.78 is 0. The molecule has 258 valence electrons. The number of hydrogen-bond acceptors (Lipinski definition) is 3. The standard InChI is InChI=1S/C52H35N3/c1-6-18-36(19-7-1)40-32-41(34-42(33-40)51-54-49(37-20-8-2-9-21-37)53-50(55-51)38-22-10-3-11-23-38)39-30-31-46-45-28-16-17-29-47(45)52(48(46)35-39,43-24-12-4-13-25-43)44-26-14-5-15-27-44/h1-35H. The average molecular weight is 702 g/mol. The van der Waals surface area contributed by atoms with E-state index in [0.717, 1.165) is 38.9 Å². The van der Waals surface area contributed by atoms with E-state index in [1.54, 1.807) is 0 Å². The Balaban J connectivity index is 1.22. The van der Waals surface area contributed by atoms with Gasteiger partial charge < -0.3 is 0 Å². The largest absolute Gasteiger partial charge is 0.208 e. The van der Waals surface area contributed by atoms with Gasteiger partial charge in [-0.05, 0) is 79.9 Å². The van der Waals surface area contributed by atoms with Crippen LogP contribution in [-0.4, -0.2) is 15.0 Å². The summed E-state index contributed by atoms with van der Waals surface area (Å²) >= 11 is 0. The van der Waals surface area contributed by atoms with Crippen LogP contribution in [-0.2, 0) is 5.41 Å². The van der Waals surface area contributed by atoms with E-state index in [0.29, 0.717) is 17.5 Å². The Labute approximate surface area is 321 Å². The Morgan fingerprint density at radius 3 is 1.20 bits per heavy atom. The molecule has 0 aliphatic heterocycles. The van der Waals surface area contributed by atoms with Crippen molar-refractivity contribution in [3.05, 3.63) is 235 Å². The summed E-state index contributed by atoms with van der Waals surface area (Å²) in [7, 11) is 0. The molecule has 0 spiro atoms. The molecule has 1 aliphatic rings. The average Bonchev–Trinajstić information content (AvgIpc) is 3.58. The molecular weight excluding hydrogens is 667 g/mol. The summed E-state index contributed by atoms with van der Waals surface area (Å²) in [6.07, 6.45) is 0. The highest BCUT2D eigenvalue weighted by Gasteiger charge is 2.46. The summed E-state index contributed by atoms with van der Waals surface area (Å²) in [5, 5.41) is 0. The fraction of sp³-hybridized carbons (Fsp3) is 0.0192. The highest BCUT2D eigenvalue weighted by atomic mass is 15.0. The molecule has 0 amide bonds. The fourth-order valence-electron chi connectivity index (χ4n) is 8.28. The first-order chi connectivity index (χ1) is 27.3. The normalized spacial score (nSPS) is 12.5. The molecule has 3 nitrogen and oxygen atoms in total. The molecule has 0 radical (unpaired) electrons. The number of aromatic nitrogens is 3. The van der Waals surface area contributed by atoms with Crippen LogP contribution in [0.1, 0.15) is 22.3 Å². The molecule has 55 heavy (non-hydrogen) atoms. The molecule has 0 fully saturated rings. The summed E-state index contributed by atoms with van der Waals surface area (Å²) in [5.41, 5.74) is 14.3. The second kappa shape index (κ2) is 13.6. The van der Waals surface area contributed by atoms with Crippen molar-refractivity contribution in [2.24, 2.45) is 0 Å². The molecule has 8 aromatic carbocycles. The Hall–Kier alpha value is -7.23. The van der Waals surface area contributed by atoms with Crippen molar-refractivity contribution in [3.63, 3.8) is 0 Å². The molecule has 0 bridgehead atoms. The second-order valence-corrected chi connectivity index (χ2v) is 14.0. The smallest absolute Gasteiger partial charge is 0.164 e. The lowest BCUT2D eigenvalue weighted by Crippen LogP contribution is -2.28. The fourth-order valence-corrected chi connectivity index (χ4v) is 8.28. The van der Waals surface area contributed by atoms with Crippen LogP contribution in [0, 0.1) is 0 Å². The van der Waals surface area contributed by atoms with Gasteiger partial charge in [-0.1, -0.05) is 188 Å². The van der Waals surface area contributed by atoms with E-state index in [-0.39, 0.29) is 0 Å². The Kier molecular flexibility index (Phi) is 8.04. The lowest BCUT2D eigenvalue weighted by atomic mass is 9.67. The highest BCUT2D eigenvalue weighted by molar-refractivity contribution is 5.89. The Bertz CT molecular complexity index is 2690. The summed E-state index contributed by atoms with van der Waals surface area (Å²) in [6.45, 7) is 0. The van der Waals surface area contributed by atoms with Crippen LogP contribution in [0.25, 0.3) is 67.5 Å². The van der Waals surface area contributed by atoms with Gasteiger partial charge in [0.2, 0.25) is 0 Å². The van der Waals surface area contributed by atoms with Gasteiger partial charge >= 0.3 is 0 Å². The van der Waals surface area contributed by atoms with E-state index in [2.05, 4.69) is 152 Å². The predicted octanol–water partition coefficient (Wildman–Crippen LogP) is 12.6. The third-order valence-electron chi connectivity index (χ3n) is 10.8. The van der Waals surface area contributed by atoms with Gasteiger partial charge in [-0.25, -0.2) is 15.0 Å². The molecule has 0 atom stereocenters. The van der Waals surface area contributed by atoms with E-state index >= 15 is 0 Å². The monoisotopic (exact) mass is 701 g/mol. The van der Waals surface area contributed by atoms with Gasteiger partial charge in [-0.3, -0.25) is 0 Å². The van der Waals surface area contributed by atoms with Crippen molar-refractivity contribution >= 4 is 0 Å². The minimum atomic E-state index is -0.492. The van der Waals surface area contributed by atoms with E-state index in [1.807, 2.05) is 60.7 Å². The molecule has 1 aliphatic carbocycles. The van der Waals surface area contributed by atoms with Crippen LogP contribution in [0.5, 0.6) is 0 Å². The molecule has 0 saturated heterocycles. The molecule has 9 aromatic rings. The Morgan fingerprint density at radius 2 is 0.655 bits per heavy atom. The van der Waals surface area contributed by atoms with E-state index in [1.165, 1.54) is 33.4 Å². The minimum Gasteiger partial charge on any atom is -0.208 e. The molecule has 10 rings (SSSR count). The Morgan fingerprint density at radius 1 is 0.255 bits per heavy atom. The SMILES string of the molecule is c1ccc(-c2cc(-c3ccc4c(c3)C(c3ccccc3)(c3ccccc3)c3ccccc3-4)cc(-c3nc(-c4ccccc4)nc(-c4ccccc4)n3)c2)cc1. The molecule has 3 heteroatoms. The molecule has 1 heterocycles. The first-order valence-electron chi connectivity index (χ1n) is 18.7. The first-order valence-corrected chi connectivity index (χ1v) is 18.7. The molecule has 0 N–H and O–H groups in total. The third kappa shape index (κ3) is 5.65. The van der Waals surface area contributed by atoms with Crippen LogP contribution >= 0.6 is 0 Å². The van der Waals surface area contributed by atoms with E-state index < -0.39 is 5.41 Å². The van der Waals surface area contributed by atoms with Gasteiger partial charge in [0.1, 0.15) is 0 Å². The summed E-state index contributed by atoms with van der Waals surface area (Å²) in [5.74, 6) is 1.91. The maximum Gasteiger partial charge on any atom is 0.164 e. The summed E-state index contributed by atoms with van der Waals surface area (Å²) in [6, 6.07) is 75.4. The molecule has 0 saturated carbocycles. The number of benzene rings is 8. The maximum atomic E-state index is 5.13. The summed E-state index contributed by atoms with van der Waals surface area (Å²) in [4.78, 5) is 15.2. The van der Waals surface area contributed by atoms with Crippen molar-refractivity contribution in [2.45, 2.75) is 5.41 Å². The maximum absolute atomic E-state index is 5.13. The topological polar surface area (TPSA) is 38.7 Å². The number of nitrogens with zero attached hydrogens (tertiary/aromatic N) is 3. The van der Waals surface area contributed by atoms with E-state index in [9.17, 15) is 0 Å². The van der Waals surface area contributed by atoms with E-state index in [4.69, 9.17) is 15.0 Å². The van der Waals surface area contributed by atoms with Crippen LogP contribution in [0.4, 0.5) is 0 Å². The zero-order valence-electron chi connectivity index (χ0n) is 30.0.